The van der Waals surface area contributed by atoms with Gasteiger partial charge in [-0.25, -0.2) is 4.68 Å². The van der Waals surface area contributed by atoms with E-state index in [0.29, 0.717) is 16.4 Å². The Labute approximate surface area is 201 Å². The fraction of sp³-hybridized carbons (Fsp3) is 0.609. The zero-order valence-electron chi connectivity index (χ0n) is 19.0. The summed E-state index contributed by atoms with van der Waals surface area (Å²) in [5.74, 6) is 0.564. The van der Waals surface area contributed by atoms with Gasteiger partial charge in [-0.15, -0.1) is 11.3 Å². The fourth-order valence-corrected chi connectivity index (χ4v) is 6.24. The van der Waals surface area contributed by atoms with E-state index in [9.17, 15) is 14.7 Å². The number of hydrogen-bond donors (Lipinski definition) is 2. The minimum atomic E-state index is -0.555. The Balaban J connectivity index is 1.33. The van der Waals surface area contributed by atoms with Crippen molar-refractivity contribution < 1.29 is 9.90 Å². The van der Waals surface area contributed by atoms with Crippen molar-refractivity contribution in [2.75, 3.05) is 19.6 Å². The summed E-state index contributed by atoms with van der Waals surface area (Å²) in [6.45, 7) is 6.26. The quantitative estimate of drug-likeness (QED) is 0.553. The molecule has 0 spiro atoms. The van der Waals surface area contributed by atoms with Crippen LogP contribution in [0.1, 0.15) is 57.7 Å². The summed E-state index contributed by atoms with van der Waals surface area (Å²) in [4.78, 5) is 28.3. The van der Waals surface area contributed by atoms with Crippen LogP contribution in [-0.2, 0) is 11.3 Å². The lowest BCUT2D eigenvalue weighted by Gasteiger charge is -2.43. The van der Waals surface area contributed by atoms with Gasteiger partial charge < -0.3 is 10.4 Å². The van der Waals surface area contributed by atoms with Crippen LogP contribution < -0.4 is 10.9 Å². The predicted octanol–water partition coefficient (Wildman–Crippen LogP) is 2.98. The Kier molecular flexibility index (Phi) is 6.01. The maximum atomic E-state index is 13.2. The first-order chi connectivity index (χ1) is 15.7. The van der Waals surface area contributed by atoms with E-state index in [1.807, 2.05) is 30.4 Å². The van der Waals surface area contributed by atoms with Gasteiger partial charge in [0.1, 0.15) is 17.9 Å². The van der Waals surface area contributed by atoms with E-state index in [4.69, 9.17) is 11.6 Å². The van der Waals surface area contributed by atoms with Crippen LogP contribution in [0.4, 0.5) is 0 Å². The van der Waals surface area contributed by atoms with Crippen LogP contribution in [0.3, 0.4) is 0 Å². The molecule has 0 radical (unpaired) electrons. The highest BCUT2D eigenvalue weighted by Crippen LogP contribution is 2.33. The third-order valence-corrected chi connectivity index (χ3v) is 8.05. The summed E-state index contributed by atoms with van der Waals surface area (Å²) in [5.41, 5.74) is 0.546. The van der Waals surface area contributed by atoms with Crippen molar-refractivity contribution >= 4 is 44.6 Å². The van der Waals surface area contributed by atoms with Gasteiger partial charge in [0.2, 0.25) is 5.91 Å². The Morgan fingerprint density at radius 3 is 2.82 bits per heavy atom. The Morgan fingerprint density at radius 2 is 2.12 bits per heavy atom. The van der Waals surface area contributed by atoms with Crippen molar-refractivity contribution in [3.05, 3.63) is 32.6 Å². The van der Waals surface area contributed by atoms with Gasteiger partial charge in [-0.2, -0.15) is 5.10 Å². The molecule has 1 saturated carbocycles. The van der Waals surface area contributed by atoms with E-state index < -0.39 is 5.60 Å². The average molecular weight is 492 g/mol. The van der Waals surface area contributed by atoms with Gasteiger partial charge in [-0.1, -0.05) is 25.4 Å². The largest absolute Gasteiger partial charge is 0.389 e. The maximum absolute atomic E-state index is 13.2. The van der Waals surface area contributed by atoms with E-state index in [-0.39, 0.29) is 30.0 Å². The number of amides is 1. The van der Waals surface area contributed by atoms with E-state index in [2.05, 4.69) is 15.3 Å². The first-order valence-corrected chi connectivity index (χ1v) is 12.9. The fourth-order valence-electron chi connectivity index (χ4n) is 5.08. The van der Waals surface area contributed by atoms with Crippen LogP contribution in [0.5, 0.6) is 0 Å². The number of hydrogen-bond acceptors (Lipinski definition) is 6. The van der Waals surface area contributed by atoms with E-state index in [1.165, 1.54) is 16.0 Å². The van der Waals surface area contributed by atoms with Crippen LogP contribution in [0.25, 0.3) is 15.7 Å². The first kappa shape index (κ1) is 22.8. The molecule has 8 nitrogen and oxygen atoms in total. The number of aromatic nitrogens is 3. The number of nitrogens with one attached hydrogen (secondary N) is 1. The zero-order chi connectivity index (χ0) is 23.3. The molecule has 2 aliphatic rings. The van der Waals surface area contributed by atoms with E-state index in [1.54, 1.807) is 0 Å². The molecule has 33 heavy (non-hydrogen) atoms. The van der Waals surface area contributed by atoms with Crippen LogP contribution >= 0.6 is 22.9 Å². The third-order valence-electron chi connectivity index (χ3n) is 6.85. The van der Waals surface area contributed by atoms with Crippen molar-refractivity contribution in [1.29, 1.82) is 0 Å². The maximum Gasteiger partial charge on any atom is 0.291 e. The summed E-state index contributed by atoms with van der Waals surface area (Å²) in [6, 6.07) is 3.70. The lowest BCUT2D eigenvalue weighted by atomic mass is 9.79. The molecule has 178 valence electrons. The smallest absolute Gasteiger partial charge is 0.291 e. The second kappa shape index (κ2) is 8.69. The van der Waals surface area contributed by atoms with Gasteiger partial charge in [0.25, 0.3) is 5.56 Å². The molecule has 1 aliphatic heterocycles. The summed E-state index contributed by atoms with van der Waals surface area (Å²) in [7, 11) is 0. The molecular weight excluding hydrogens is 462 g/mol. The molecule has 0 aromatic carbocycles. The highest BCUT2D eigenvalue weighted by atomic mass is 35.5. The number of rotatable bonds is 6. The molecule has 1 saturated heterocycles. The van der Waals surface area contributed by atoms with E-state index in [0.717, 1.165) is 61.2 Å². The molecule has 0 unspecified atom stereocenters. The topological polar surface area (TPSA) is 91.9 Å². The molecule has 10 heteroatoms. The predicted molar refractivity (Wildman–Crippen MR) is 130 cm³/mol. The zero-order valence-corrected chi connectivity index (χ0v) is 20.6. The van der Waals surface area contributed by atoms with Gasteiger partial charge in [-0.3, -0.25) is 18.9 Å². The standard InChI is InChI=1S/C23H30ClN5O3S/c1-14(2)21-26-28(22(31)17-9-18-16(29(17)21)10-19(24)33-18)12-20(30)25-15-5-3-8-27(11-15)13-23(32)6-4-7-23/h9-10,14-15,32H,3-8,11-13H2,1-2H3,(H,25,30)/t15-/m1/s1. The van der Waals surface area contributed by atoms with Gasteiger partial charge in [-0.05, 0) is 50.8 Å². The monoisotopic (exact) mass is 491 g/mol. The molecule has 2 fully saturated rings. The second-order valence-electron chi connectivity index (χ2n) is 9.86. The number of thiophene rings is 1. The summed E-state index contributed by atoms with van der Waals surface area (Å²) < 4.78 is 4.74. The Morgan fingerprint density at radius 1 is 1.33 bits per heavy atom. The van der Waals surface area contributed by atoms with Gasteiger partial charge in [0.15, 0.2) is 0 Å². The van der Waals surface area contributed by atoms with Gasteiger partial charge in [0, 0.05) is 25.0 Å². The Bertz CT molecular complexity index is 1260. The number of likely N-dealkylation sites (tertiary alicyclic amines) is 1. The molecular formula is C23H30ClN5O3S. The molecule has 1 atom stereocenters. The van der Waals surface area contributed by atoms with Crippen molar-refractivity contribution in [2.24, 2.45) is 0 Å². The van der Waals surface area contributed by atoms with Crippen molar-refractivity contribution in [1.82, 2.24) is 24.4 Å². The Hall–Kier alpha value is -1.94. The molecule has 4 heterocycles. The summed E-state index contributed by atoms with van der Waals surface area (Å²) >= 11 is 7.60. The molecule has 1 amide bonds. The summed E-state index contributed by atoms with van der Waals surface area (Å²) in [5, 5.41) is 18.1. The molecule has 5 rings (SSSR count). The van der Waals surface area contributed by atoms with Crippen LogP contribution in [0.2, 0.25) is 4.34 Å². The normalized spacial score (nSPS) is 21.1. The van der Waals surface area contributed by atoms with Crippen LogP contribution in [-0.4, -0.2) is 61.4 Å². The minimum Gasteiger partial charge on any atom is -0.389 e. The van der Waals surface area contributed by atoms with Crippen molar-refractivity contribution in [2.45, 2.75) is 70.1 Å². The second-order valence-corrected chi connectivity index (χ2v) is 11.6. The van der Waals surface area contributed by atoms with Gasteiger partial charge >= 0.3 is 0 Å². The number of carbonyl (C=O) groups excluding carboxylic acids is 1. The molecule has 3 aromatic heterocycles. The van der Waals surface area contributed by atoms with Crippen LogP contribution in [0, 0.1) is 0 Å². The summed E-state index contributed by atoms with van der Waals surface area (Å²) in [6.07, 6.45) is 4.68. The van der Waals surface area contributed by atoms with Gasteiger partial charge in [0.05, 0.1) is 20.2 Å². The highest BCUT2D eigenvalue weighted by molar-refractivity contribution is 7.22. The van der Waals surface area contributed by atoms with E-state index >= 15 is 0 Å². The molecule has 0 bridgehead atoms. The number of carbonyl (C=O) groups is 1. The highest BCUT2D eigenvalue weighted by Gasteiger charge is 2.37. The number of halogens is 1. The molecule has 3 aromatic rings. The average Bonchev–Trinajstić information content (AvgIpc) is 3.25. The lowest BCUT2D eigenvalue weighted by Crippen LogP contribution is -2.54. The SMILES string of the molecule is CC(C)c1nn(CC(=O)N[C@@H]2CCCN(CC3(O)CCC3)C2)c(=O)c2cc3sc(Cl)cc3n12. The third kappa shape index (κ3) is 4.43. The first-order valence-electron chi connectivity index (χ1n) is 11.7. The number of fused-ring (bicyclic) bond motifs is 3. The number of nitrogens with zero attached hydrogens (tertiary/aromatic N) is 4. The van der Waals surface area contributed by atoms with Crippen LogP contribution in [0.15, 0.2) is 16.9 Å². The lowest BCUT2D eigenvalue weighted by molar-refractivity contribution is -0.123. The molecule has 1 aliphatic carbocycles. The van der Waals surface area contributed by atoms with Crippen molar-refractivity contribution in [3.8, 4) is 0 Å². The number of β-amino-alcohol motifs (C(OH)–C–C–N with tert-alkyl or cyclic N) is 1. The number of piperidine rings is 1. The van der Waals surface area contributed by atoms with Crippen molar-refractivity contribution in [3.63, 3.8) is 0 Å². The number of aliphatic hydroxyl groups is 1. The molecule has 2 N–H and O–H groups in total. The minimum absolute atomic E-state index is 0.0136.